The van der Waals surface area contributed by atoms with Crippen molar-refractivity contribution >= 4 is 64.9 Å². The number of hydrogen-bond donors (Lipinski definition) is 1. The van der Waals surface area contributed by atoms with Crippen molar-refractivity contribution in [1.82, 2.24) is 4.98 Å². The molecule has 0 fully saturated rings. The lowest BCUT2D eigenvalue weighted by atomic mass is 9.81. The largest absolute Gasteiger partial charge is 0.353 e. The fraction of sp³-hybridized carbons (Fsp3) is 0.364. The van der Waals surface area contributed by atoms with Gasteiger partial charge in [0, 0.05) is 21.5 Å². The van der Waals surface area contributed by atoms with Gasteiger partial charge in [0.25, 0.3) is 0 Å². The van der Waals surface area contributed by atoms with Crippen LogP contribution in [0.1, 0.15) is 105 Å². The van der Waals surface area contributed by atoms with Crippen LogP contribution in [0.3, 0.4) is 0 Å². The van der Waals surface area contributed by atoms with E-state index in [1.807, 2.05) is 0 Å². The molecule has 0 aliphatic heterocycles. The van der Waals surface area contributed by atoms with Gasteiger partial charge in [0.2, 0.25) is 0 Å². The predicted octanol–water partition coefficient (Wildman–Crippen LogP) is 13.1. The molecule has 0 aliphatic carbocycles. The maximum atomic E-state index is 4.12. The van der Waals surface area contributed by atoms with Gasteiger partial charge in [-0.15, -0.1) is 0 Å². The molecule has 230 valence electrons. The number of nitrogens with one attached hydrogen (secondary N) is 1. The third-order valence-corrected chi connectivity index (χ3v) is 10.2. The Balaban J connectivity index is 1.82. The molecule has 0 bridgehead atoms. The van der Waals surface area contributed by atoms with E-state index >= 15 is 0 Å². The predicted molar refractivity (Wildman–Crippen MR) is 201 cm³/mol. The first kappa shape index (κ1) is 29.8. The third kappa shape index (κ3) is 4.65. The second-order valence-corrected chi connectivity index (χ2v) is 17.7. The number of H-pyrrole nitrogens is 1. The summed E-state index contributed by atoms with van der Waals surface area (Å²) >= 11 is 0. The average Bonchev–Trinajstić information content (AvgIpc) is 3.36. The van der Waals surface area contributed by atoms with Crippen LogP contribution in [0.2, 0.25) is 0 Å². The molecule has 0 amide bonds. The number of hydrogen-bond acceptors (Lipinski definition) is 0. The Hall–Kier alpha value is -3.84. The highest BCUT2D eigenvalue weighted by Gasteiger charge is 2.25. The van der Waals surface area contributed by atoms with E-state index in [2.05, 4.69) is 161 Å². The molecule has 0 aliphatic rings. The van der Waals surface area contributed by atoms with E-state index in [1.54, 1.807) is 0 Å². The number of fused-ring (bicyclic) bond motifs is 13. The van der Waals surface area contributed by atoms with E-state index in [9.17, 15) is 0 Å². The summed E-state index contributed by atoms with van der Waals surface area (Å²) in [5.41, 5.74) is 8.17. The van der Waals surface area contributed by atoms with Crippen molar-refractivity contribution in [2.75, 3.05) is 0 Å². The molecule has 1 aromatic heterocycles. The zero-order chi connectivity index (χ0) is 32.4. The molecule has 1 heterocycles. The molecule has 6 aromatic carbocycles. The maximum Gasteiger partial charge on any atom is 0.0551 e. The van der Waals surface area contributed by atoms with Gasteiger partial charge in [0.15, 0.2) is 0 Å². The monoisotopic (exact) mass is 591 g/mol. The molecule has 7 aromatic rings. The van der Waals surface area contributed by atoms with Gasteiger partial charge in [-0.05, 0) is 100 Å². The molecule has 0 saturated heterocycles. The molecule has 0 atom stereocenters. The lowest BCUT2D eigenvalue weighted by molar-refractivity contribution is 0.591. The Labute approximate surface area is 269 Å². The van der Waals surface area contributed by atoms with E-state index in [0.717, 1.165) is 0 Å². The smallest absolute Gasteiger partial charge is 0.0551 e. The Bertz CT molecular complexity index is 2170. The van der Waals surface area contributed by atoms with Gasteiger partial charge >= 0.3 is 0 Å². The van der Waals surface area contributed by atoms with E-state index in [0.29, 0.717) is 0 Å². The van der Waals surface area contributed by atoms with Gasteiger partial charge in [-0.1, -0.05) is 132 Å². The molecule has 1 heteroatoms. The van der Waals surface area contributed by atoms with E-state index in [4.69, 9.17) is 0 Å². The molecule has 0 radical (unpaired) electrons. The minimum atomic E-state index is 0.0491. The van der Waals surface area contributed by atoms with Crippen molar-refractivity contribution in [3.05, 3.63) is 95.1 Å². The van der Waals surface area contributed by atoms with Crippen molar-refractivity contribution < 1.29 is 0 Å². The SMILES string of the molecule is CC(C)(C)c1ccc2c3ccc(C(C)(C)C)cc3c3c([nH]c4c5cc(C(C)(C)C)ccc5c5ccc(C(C)(C)C)cc5c43)c2c1. The summed E-state index contributed by atoms with van der Waals surface area (Å²) in [7, 11) is 0. The Morgan fingerprint density at radius 2 is 0.556 bits per heavy atom. The number of aromatic nitrogens is 1. The van der Waals surface area contributed by atoms with Gasteiger partial charge in [-0.2, -0.15) is 0 Å². The highest BCUT2D eigenvalue weighted by molar-refractivity contribution is 6.39. The standard InChI is InChI=1S/C44H49N/c1-41(2,3)25-13-17-29-31-19-15-27(43(7,8)9)23-35(31)39-37(33(29)21-25)38-34-22-26(42(4,5)6)14-18-30(34)32-20-16-28(44(10,11)12)24-36(32)40(38)45-39/h13-24,45H,1-12H3. The summed E-state index contributed by atoms with van der Waals surface area (Å²) in [6, 6.07) is 28.7. The molecule has 0 spiro atoms. The van der Waals surface area contributed by atoms with Gasteiger partial charge in [-0.3, -0.25) is 0 Å². The second-order valence-electron chi connectivity index (χ2n) is 17.7. The lowest BCUT2D eigenvalue weighted by Crippen LogP contribution is -2.11. The maximum absolute atomic E-state index is 4.12. The molecule has 0 saturated carbocycles. The zero-order valence-corrected chi connectivity index (χ0v) is 29.4. The number of aromatic amines is 1. The highest BCUT2D eigenvalue weighted by atomic mass is 14.7. The van der Waals surface area contributed by atoms with Gasteiger partial charge < -0.3 is 4.98 Å². The first-order chi connectivity index (χ1) is 20.8. The van der Waals surface area contributed by atoms with Crippen molar-refractivity contribution in [3.8, 4) is 0 Å². The number of rotatable bonds is 0. The first-order valence-electron chi connectivity index (χ1n) is 16.7. The molecule has 1 N–H and O–H groups in total. The van der Waals surface area contributed by atoms with E-state index in [-0.39, 0.29) is 21.7 Å². The minimum Gasteiger partial charge on any atom is -0.353 e. The summed E-state index contributed by atoms with van der Waals surface area (Å²) in [5, 5.41) is 13.3. The molecular weight excluding hydrogens is 542 g/mol. The van der Waals surface area contributed by atoms with Crippen LogP contribution in [0.15, 0.2) is 72.8 Å². The topological polar surface area (TPSA) is 15.8 Å². The van der Waals surface area contributed by atoms with Gasteiger partial charge in [0.1, 0.15) is 0 Å². The summed E-state index contributed by atoms with van der Waals surface area (Å²) in [6.45, 7) is 27.8. The Morgan fingerprint density at radius 1 is 0.311 bits per heavy atom. The zero-order valence-electron chi connectivity index (χ0n) is 29.4. The van der Waals surface area contributed by atoms with Crippen LogP contribution in [-0.4, -0.2) is 4.98 Å². The van der Waals surface area contributed by atoms with Crippen LogP contribution in [0, 0.1) is 0 Å². The minimum absolute atomic E-state index is 0.0491. The van der Waals surface area contributed by atoms with Crippen LogP contribution >= 0.6 is 0 Å². The van der Waals surface area contributed by atoms with Crippen LogP contribution in [0.25, 0.3) is 64.9 Å². The van der Waals surface area contributed by atoms with Gasteiger partial charge in [0.05, 0.1) is 11.0 Å². The van der Waals surface area contributed by atoms with Crippen molar-refractivity contribution in [2.45, 2.75) is 105 Å². The molecule has 45 heavy (non-hydrogen) atoms. The second kappa shape index (κ2) is 9.35. The fourth-order valence-electron chi connectivity index (χ4n) is 7.25. The Morgan fingerprint density at radius 3 is 0.822 bits per heavy atom. The van der Waals surface area contributed by atoms with E-state index in [1.165, 1.54) is 87.1 Å². The first-order valence-corrected chi connectivity index (χ1v) is 16.7. The van der Waals surface area contributed by atoms with Crippen LogP contribution in [-0.2, 0) is 21.7 Å². The molecule has 0 unspecified atom stereocenters. The van der Waals surface area contributed by atoms with Crippen LogP contribution < -0.4 is 0 Å². The highest BCUT2D eigenvalue weighted by Crippen LogP contribution is 2.47. The quantitative estimate of drug-likeness (QED) is 0.169. The van der Waals surface area contributed by atoms with Crippen LogP contribution in [0.5, 0.6) is 0 Å². The number of benzene rings is 6. The summed E-state index contributed by atoms with van der Waals surface area (Å²) < 4.78 is 0. The Kier molecular flexibility index (Phi) is 6.20. The third-order valence-electron chi connectivity index (χ3n) is 10.2. The average molecular weight is 592 g/mol. The molecular formula is C44H49N. The molecule has 7 rings (SSSR count). The summed E-state index contributed by atoms with van der Waals surface area (Å²) in [6.07, 6.45) is 0. The summed E-state index contributed by atoms with van der Waals surface area (Å²) in [5.74, 6) is 0. The van der Waals surface area contributed by atoms with Crippen molar-refractivity contribution in [3.63, 3.8) is 0 Å². The fourth-order valence-corrected chi connectivity index (χ4v) is 7.25. The molecule has 1 nitrogen and oxygen atoms in total. The normalized spacial score (nSPS) is 13.8. The van der Waals surface area contributed by atoms with Crippen molar-refractivity contribution in [1.29, 1.82) is 0 Å². The van der Waals surface area contributed by atoms with E-state index < -0.39 is 0 Å². The summed E-state index contributed by atoms with van der Waals surface area (Å²) in [4.78, 5) is 4.12. The van der Waals surface area contributed by atoms with Crippen molar-refractivity contribution in [2.24, 2.45) is 0 Å². The lowest BCUT2D eigenvalue weighted by Gasteiger charge is -2.22. The van der Waals surface area contributed by atoms with Crippen LogP contribution in [0.4, 0.5) is 0 Å². The van der Waals surface area contributed by atoms with Gasteiger partial charge in [-0.25, -0.2) is 0 Å².